The van der Waals surface area contributed by atoms with Crippen LogP contribution >= 0.6 is 11.9 Å². The summed E-state index contributed by atoms with van der Waals surface area (Å²) < 4.78 is 9.51. The first-order valence-electron chi connectivity index (χ1n) is 10.3. The van der Waals surface area contributed by atoms with E-state index in [1.807, 2.05) is 42.3 Å². The Bertz CT molecular complexity index is 854. The third kappa shape index (κ3) is 5.75. The van der Waals surface area contributed by atoms with Gasteiger partial charge in [0.2, 0.25) is 5.75 Å². The largest absolute Gasteiger partial charge is 0.486 e. The van der Waals surface area contributed by atoms with Crippen LogP contribution in [0, 0.1) is 0 Å². The molecule has 164 valence electrons. The molecule has 30 heavy (non-hydrogen) atoms. The number of aliphatic hydroxyl groups excluding tert-OH is 2. The van der Waals surface area contributed by atoms with Crippen LogP contribution < -0.4 is 15.2 Å². The molecule has 1 aromatic carbocycles. The predicted octanol–water partition coefficient (Wildman–Crippen LogP) is 1.53. The van der Waals surface area contributed by atoms with E-state index in [2.05, 4.69) is 28.2 Å². The Morgan fingerprint density at radius 2 is 1.87 bits per heavy atom. The zero-order valence-electron chi connectivity index (χ0n) is 17.5. The number of para-hydroxylation sites is 1. The molecule has 2 aromatic rings. The van der Waals surface area contributed by atoms with Crippen LogP contribution in [-0.2, 0) is 0 Å². The maximum atomic E-state index is 13.2. The molecule has 2 N–H and O–H groups in total. The third-order valence-electron chi connectivity index (χ3n) is 4.76. The number of hydrogen-bond donors (Lipinski definition) is 2. The fourth-order valence-corrected chi connectivity index (χ4v) is 4.23. The zero-order chi connectivity index (χ0) is 21.5. The Labute approximate surface area is 181 Å². The van der Waals surface area contributed by atoms with Gasteiger partial charge in [-0.05, 0) is 12.1 Å². The quantitative estimate of drug-likeness (QED) is 0.575. The molecular weight excluding hydrogens is 404 g/mol. The van der Waals surface area contributed by atoms with Gasteiger partial charge in [0.05, 0.1) is 31.2 Å². The van der Waals surface area contributed by atoms with Crippen LogP contribution in [0.1, 0.15) is 20.3 Å². The van der Waals surface area contributed by atoms with Gasteiger partial charge >= 0.3 is 5.56 Å². The number of rotatable bonds is 9. The van der Waals surface area contributed by atoms with Crippen LogP contribution in [0.3, 0.4) is 0 Å². The van der Waals surface area contributed by atoms with Gasteiger partial charge in [-0.15, -0.1) is 0 Å². The summed E-state index contributed by atoms with van der Waals surface area (Å²) in [6.45, 7) is 7.45. The molecule has 3 rings (SSSR count). The van der Waals surface area contributed by atoms with Gasteiger partial charge in [-0.2, -0.15) is 9.78 Å². The van der Waals surface area contributed by atoms with E-state index in [9.17, 15) is 9.90 Å². The molecule has 1 aliphatic rings. The lowest BCUT2D eigenvalue weighted by Gasteiger charge is -2.36. The molecule has 1 unspecified atom stereocenters. The highest BCUT2D eigenvalue weighted by Gasteiger charge is 2.24. The maximum Gasteiger partial charge on any atom is 0.316 e. The van der Waals surface area contributed by atoms with Crippen molar-refractivity contribution in [2.75, 3.05) is 44.3 Å². The van der Waals surface area contributed by atoms with Crippen LogP contribution in [0.25, 0.3) is 5.69 Å². The van der Waals surface area contributed by atoms with E-state index in [1.54, 1.807) is 6.20 Å². The van der Waals surface area contributed by atoms with Crippen molar-refractivity contribution in [2.45, 2.75) is 31.6 Å². The first-order chi connectivity index (χ1) is 14.5. The van der Waals surface area contributed by atoms with Gasteiger partial charge in [-0.3, -0.25) is 4.79 Å². The van der Waals surface area contributed by atoms with Gasteiger partial charge in [-0.1, -0.05) is 44.0 Å². The fourth-order valence-electron chi connectivity index (χ4n) is 3.26. The molecule has 0 saturated carbocycles. The van der Waals surface area contributed by atoms with Gasteiger partial charge in [0.15, 0.2) is 0 Å². The van der Waals surface area contributed by atoms with E-state index in [-0.39, 0.29) is 30.9 Å². The zero-order valence-corrected chi connectivity index (χ0v) is 18.3. The SMILES string of the molecule is CC(C)SN1CCN(c2cnn(-c3ccccc3)c(=O)c2OCCC(O)CO)CC1. The van der Waals surface area contributed by atoms with Crippen molar-refractivity contribution in [2.24, 2.45) is 0 Å². The lowest BCUT2D eigenvalue weighted by Crippen LogP contribution is -2.44. The van der Waals surface area contributed by atoms with Crippen molar-refractivity contribution in [1.29, 1.82) is 0 Å². The number of piperazine rings is 1. The lowest BCUT2D eigenvalue weighted by atomic mass is 10.2. The van der Waals surface area contributed by atoms with Gasteiger partial charge in [0.25, 0.3) is 0 Å². The highest BCUT2D eigenvalue weighted by Crippen LogP contribution is 2.27. The molecule has 1 saturated heterocycles. The number of ether oxygens (including phenoxy) is 1. The van der Waals surface area contributed by atoms with Gasteiger partial charge in [0.1, 0.15) is 5.69 Å². The van der Waals surface area contributed by atoms with E-state index >= 15 is 0 Å². The van der Waals surface area contributed by atoms with E-state index < -0.39 is 6.10 Å². The van der Waals surface area contributed by atoms with E-state index in [0.29, 0.717) is 16.6 Å². The summed E-state index contributed by atoms with van der Waals surface area (Å²) in [5.74, 6) is 0.226. The number of aromatic nitrogens is 2. The number of benzene rings is 1. The first-order valence-corrected chi connectivity index (χ1v) is 11.1. The highest BCUT2D eigenvalue weighted by molar-refractivity contribution is 7.97. The molecule has 8 nitrogen and oxygen atoms in total. The Hall–Kier alpha value is -2.07. The Kier molecular flexibility index (Phi) is 8.15. The van der Waals surface area contributed by atoms with E-state index in [0.717, 1.165) is 26.2 Å². The van der Waals surface area contributed by atoms with Crippen molar-refractivity contribution < 1.29 is 14.9 Å². The number of anilines is 1. The standard InChI is InChI=1S/C21H30N4O4S/c1-16(2)30-24-11-9-23(10-12-24)19-14-22-25(17-6-4-3-5-7-17)21(28)20(19)29-13-8-18(27)15-26/h3-7,14,16,18,26-27H,8-13,15H2,1-2H3. The van der Waals surface area contributed by atoms with Crippen LogP contribution in [-0.4, -0.2) is 75.0 Å². The van der Waals surface area contributed by atoms with E-state index in [1.165, 1.54) is 4.68 Å². The molecule has 1 aromatic heterocycles. The van der Waals surface area contributed by atoms with E-state index in [4.69, 9.17) is 9.84 Å². The summed E-state index contributed by atoms with van der Waals surface area (Å²) in [7, 11) is 0. The normalized spacial score (nSPS) is 16.1. The molecule has 0 bridgehead atoms. The van der Waals surface area contributed by atoms with Crippen LogP contribution in [0.4, 0.5) is 5.69 Å². The smallest absolute Gasteiger partial charge is 0.316 e. The molecule has 0 aliphatic carbocycles. The molecule has 9 heteroatoms. The molecule has 0 spiro atoms. The first kappa shape index (κ1) is 22.6. The average molecular weight is 435 g/mol. The van der Waals surface area contributed by atoms with Crippen molar-refractivity contribution >= 4 is 17.6 Å². The van der Waals surface area contributed by atoms with Crippen LogP contribution in [0.5, 0.6) is 5.75 Å². The highest BCUT2D eigenvalue weighted by atomic mass is 32.2. The molecule has 0 amide bonds. The maximum absolute atomic E-state index is 13.2. The van der Waals surface area contributed by atoms with Crippen molar-refractivity contribution in [1.82, 2.24) is 14.1 Å². The molecule has 2 heterocycles. The topological polar surface area (TPSA) is 91.1 Å². The second-order valence-corrected chi connectivity index (χ2v) is 9.13. The van der Waals surface area contributed by atoms with Gasteiger partial charge < -0.3 is 19.8 Å². The number of nitrogens with zero attached hydrogens (tertiary/aromatic N) is 4. The lowest BCUT2D eigenvalue weighted by molar-refractivity contribution is 0.0752. The fraction of sp³-hybridized carbons (Fsp3) is 0.524. The summed E-state index contributed by atoms with van der Waals surface area (Å²) in [4.78, 5) is 15.3. The molecule has 1 atom stereocenters. The number of aliphatic hydroxyl groups is 2. The third-order valence-corrected chi connectivity index (χ3v) is 5.85. The average Bonchev–Trinajstić information content (AvgIpc) is 2.75. The summed E-state index contributed by atoms with van der Waals surface area (Å²) in [5.41, 5.74) is 0.989. The molecule has 1 aliphatic heterocycles. The van der Waals surface area contributed by atoms with Crippen LogP contribution in [0.15, 0.2) is 41.3 Å². The molecule has 0 radical (unpaired) electrons. The Morgan fingerprint density at radius 3 is 2.50 bits per heavy atom. The van der Waals surface area contributed by atoms with Gasteiger partial charge in [0, 0.05) is 37.8 Å². The summed E-state index contributed by atoms with van der Waals surface area (Å²) >= 11 is 1.84. The van der Waals surface area contributed by atoms with Crippen molar-refractivity contribution in [3.63, 3.8) is 0 Å². The minimum atomic E-state index is -0.872. The molecular formula is C21H30N4O4S. The second-order valence-electron chi connectivity index (χ2n) is 7.46. The number of hydrogen-bond acceptors (Lipinski definition) is 8. The summed E-state index contributed by atoms with van der Waals surface area (Å²) in [6, 6.07) is 9.21. The minimum absolute atomic E-state index is 0.131. The van der Waals surface area contributed by atoms with Crippen molar-refractivity contribution in [3.05, 3.63) is 46.9 Å². The summed E-state index contributed by atoms with van der Waals surface area (Å²) in [6.07, 6.45) is 1.04. The second kappa shape index (κ2) is 10.8. The van der Waals surface area contributed by atoms with Crippen LogP contribution in [0.2, 0.25) is 0 Å². The Balaban J connectivity index is 1.84. The predicted molar refractivity (Wildman–Crippen MR) is 120 cm³/mol. The monoisotopic (exact) mass is 434 g/mol. The minimum Gasteiger partial charge on any atom is -0.486 e. The Morgan fingerprint density at radius 1 is 1.17 bits per heavy atom. The summed E-state index contributed by atoms with van der Waals surface area (Å²) in [5, 5.41) is 23.6. The van der Waals surface area contributed by atoms with Gasteiger partial charge in [-0.25, -0.2) is 4.31 Å². The molecule has 1 fully saturated rings. The van der Waals surface area contributed by atoms with Crippen molar-refractivity contribution in [3.8, 4) is 11.4 Å².